The lowest BCUT2D eigenvalue weighted by Crippen LogP contribution is -2.50. The number of rotatable bonds is 64. The van der Waals surface area contributed by atoms with Crippen molar-refractivity contribution in [3.8, 4) is 0 Å². The number of nitrogens with zero attached hydrogens (tertiary/aromatic N) is 4. The minimum absolute atomic E-state index is 0.268. The van der Waals surface area contributed by atoms with Gasteiger partial charge in [-0.3, -0.25) is 14.7 Å². The van der Waals surface area contributed by atoms with Gasteiger partial charge in [0.1, 0.15) is 0 Å². The van der Waals surface area contributed by atoms with E-state index in [1.807, 2.05) is 0 Å². The van der Waals surface area contributed by atoms with Crippen LogP contribution in [-0.4, -0.2) is 154 Å². The van der Waals surface area contributed by atoms with Gasteiger partial charge in [-0.05, 0) is 63.8 Å². The predicted octanol–water partition coefficient (Wildman–Crippen LogP) is 17.5. The first kappa shape index (κ1) is 77.7. The standard InChI is InChI=1S/C71H146N4O5/c1-6-11-16-21-26-31-36-41-46-67(76)61-66(62-68(77)47-42-37-32-27-22-17-12-7-2)51-52-72-53-55-73(56-54-72)57-58-74(63-69(78)48-43-38-33-28-23-18-13-8-3)59-60-75(64-70(79)49-44-39-34-29-24-19-14-9-4)65-71(80)50-45-40-35-30-25-20-15-10-5/h66-71,76-80H,6-65H2,1-5H3. The van der Waals surface area contributed by atoms with Gasteiger partial charge in [-0.2, -0.15) is 0 Å². The zero-order chi connectivity index (χ0) is 58.2. The number of aliphatic hydroxyl groups is 5. The molecule has 0 radical (unpaired) electrons. The van der Waals surface area contributed by atoms with Crippen molar-refractivity contribution in [2.45, 2.75) is 373 Å². The van der Waals surface area contributed by atoms with Crippen LogP contribution >= 0.6 is 0 Å². The van der Waals surface area contributed by atoms with E-state index in [1.165, 1.54) is 225 Å². The average molecular weight is 1140 g/mol. The van der Waals surface area contributed by atoms with Crippen molar-refractivity contribution in [2.75, 3.05) is 78.5 Å². The fraction of sp³-hybridized carbons (Fsp3) is 1.00. The highest BCUT2D eigenvalue weighted by atomic mass is 16.3. The monoisotopic (exact) mass is 1140 g/mol. The minimum Gasteiger partial charge on any atom is -0.393 e. The van der Waals surface area contributed by atoms with Crippen LogP contribution in [0.4, 0.5) is 0 Å². The maximum Gasteiger partial charge on any atom is 0.0667 e. The van der Waals surface area contributed by atoms with Crippen molar-refractivity contribution < 1.29 is 25.5 Å². The van der Waals surface area contributed by atoms with Crippen molar-refractivity contribution in [1.82, 2.24) is 19.6 Å². The second-order valence-corrected chi connectivity index (χ2v) is 26.5. The van der Waals surface area contributed by atoms with Gasteiger partial charge in [-0.25, -0.2) is 0 Å². The predicted molar refractivity (Wildman–Crippen MR) is 349 cm³/mol. The molecule has 0 saturated carbocycles. The van der Waals surface area contributed by atoms with Crippen molar-refractivity contribution in [3.05, 3.63) is 0 Å². The van der Waals surface area contributed by atoms with Gasteiger partial charge in [-0.15, -0.1) is 0 Å². The van der Waals surface area contributed by atoms with Crippen LogP contribution in [0, 0.1) is 5.92 Å². The summed E-state index contributed by atoms with van der Waals surface area (Å²) in [6, 6.07) is 0. The first-order valence-electron chi connectivity index (χ1n) is 36.4. The minimum atomic E-state index is -0.382. The van der Waals surface area contributed by atoms with E-state index in [1.54, 1.807) is 0 Å². The molecule has 0 aromatic heterocycles. The van der Waals surface area contributed by atoms with Crippen molar-refractivity contribution in [3.63, 3.8) is 0 Å². The molecular weight excluding hydrogens is 989 g/mol. The van der Waals surface area contributed by atoms with Crippen molar-refractivity contribution in [1.29, 1.82) is 0 Å². The number of unbranched alkanes of at least 4 members (excludes halogenated alkanes) is 35. The molecule has 1 aliphatic heterocycles. The van der Waals surface area contributed by atoms with Crippen LogP contribution in [0.15, 0.2) is 0 Å². The highest BCUT2D eigenvalue weighted by Crippen LogP contribution is 2.25. The Morgan fingerprint density at radius 1 is 0.263 bits per heavy atom. The fourth-order valence-electron chi connectivity index (χ4n) is 12.8. The molecule has 1 saturated heterocycles. The smallest absolute Gasteiger partial charge is 0.0667 e. The van der Waals surface area contributed by atoms with Crippen LogP contribution in [-0.2, 0) is 0 Å². The normalized spacial score (nSPS) is 16.1. The number of hydrogen-bond acceptors (Lipinski definition) is 9. The summed E-state index contributed by atoms with van der Waals surface area (Å²) in [6.45, 7) is 22.1. The van der Waals surface area contributed by atoms with Crippen LogP contribution in [0.25, 0.3) is 0 Å². The molecular formula is C71H146N4O5. The van der Waals surface area contributed by atoms with Gasteiger partial charge in [0.15, 0.2) is 0 Å². The lowest BCUT2D eigenvalue weighted by molar-refractivity contribution is 0.0443. The lowest BCUT2D eigenvalue weighted by Gasteiger charge is -2.37. The lowest BCUT2D eigenvalue weighted by atomic mass is 9.88. The Labute approximate surface area is 500 Å². The Morgan fingerprint density at radius 3 is 0.800 bits per heavy atom. The molecule has 9 heteroatoms. The Kier molecular flexibility index (Phi) is 57.3. The summed E-state index contributed by atoms with van der Waals surface area (Å²) >= 11 is 0. The number of piperazine rings is 1. The van der Waals surface area contributed by atoms with E-state index in [2.05, 4.69) is 54.2 Å². The average Bonchev–Trinajstić information content (AvgIpc) is 3.45. The van der Waals surface area contributed by atoms with E-state index in [-0.39, 0.29) is 30.5 Å². The molecule has 5 atom stereocenters. The molecule has 1 fully saturated rings. The summed E-state index contributed by atoms with van der Waals surface area (Å²) in [6.07, 6.45) is 56.4. The molecule has 5 unspecified atom stereocenters. The molecule has 0 aromatic carbocycles. The molecule has 1 rings (SSSR count). The van der Waals surface area contributed by atoms with Gasteiger partial charge >= 0.3 is 0 Å². The molecule has 5 N–H and O–H groups in total. The number of aliphatic hydroxyl groups excluding tert-OH is 5. The van der Waals surface area contributed by atoms with Gasteiger partial charge in [0.25, 0.3) is 0 Å². The van der Waals surface area contributed by atoms with Gasteiger partial charge < -0.3 is 30.4 Å². The van der Waals surface area contributed by atoms with Crippen LogP contribution < -0.4 is 0 Å². The second kappa shape index (κ2) is 59.0. The Morgan fingerprint density at radius 2 is 0.500 bits per heavy atom. The van der Waals surface area contributed by atoms with Gasteiger partial charge in [0.05, 0.1) is 30.5 Å². The molecule has 1 heterocycles. The maximum absolute atomic E-state index is 11.5. The van der Waals surface area contributed by atoms with Gasteiger partial charge in [-0.1, -0.05) is 291 Å². The zero-order valence-corrected chi connectivity index (χ0v) is 54.9. The van der Waals surface area contributed by atoms with E-state index in [0.717, 1.165) is 142 Å². The maximum atomic E-state index is 11.5. The highest BCUT2D eigenvalue weighted by molar-refractivity contribution is 4.79. The third kappa shape index (κ3) is 50.9. The quantitative estimate of drug-likeness (QED) is 0.0380. The fourth-order valence-corrected chi connectivity index (χ4v) is 12.8. The molecule has 0 aliphatic carbocycles. The summed E-state index contributed by atoms with van der Waals surface area (Å²) in [4.78, 5) is 10.1. The Balaban J connectivity index is 2.94. The van der Waals surface area contributed by atoms with E-state index in [9.17, 15) is 25.5 Å². The summed E-state index contributed by atoms with van der Waals surface area (Å²) < 4.78 is 0. The third-order valence-corrected chi connectivity index (χ3v) is 18.4. The van der Waals surface area contributed by atoms with Crippen LogP contribution in [0.3, 0.4) is 0 Å². The van der Waals surface area contributed by atoms with E-state index in [4.69, 9.17) is 0 Å². The molecule has 0 bridgehead atoms. The Hall–Kier alpha value is -0.360. The first-order valence-corrected chi connectivity index (χ1v) is 36.4. The zero-order valence-electron chi connectivity index (χ0n) is 54.9. The SMILES string of the molecule is CCCCCCCCCCC(O)CC(CCN1CCN(CCN(CCN(CC(O)CCCCCCCCCC)CC(O)CCCCCCCCCC)CC(O)CCCCCCCCCC)CC1)CC(O)CCCCCCCCCC. The second-order valence-electron chi connectivity index (χ2n) is 26.5. The highest BCUT2D eigenvalue weighted by Gasteiger charge is 2.24. The molecule has 0 aromatic rings. The van der Waals surface area contributed by atoms with Crippen molar-refractivity contribution >= 4 is 0 Å². The molecule has 0 amide bonds. The molecule has 0 spiro atoms. The number of hydrogen-bond donors (Lipinski definition) is 5. The molecule has 1 aliphatic rings. The summed E-state index contributed by atoms with van der Waals surface area (Å²) in [7, 11) is 0. The summed E-state index contributed by atoms with van der Waals surface area (Å²) in [5.41, 5.74) is 0. The van der Waals surface area contributed by atoms with E-state index in [0.29, 0.717) is 25.6 Å². The van der Waals surface area contributed by atoms with E-state index >= 15 is 0 Å². The summed E-state index contributed by atoms with van der Waals surface area (Å²) in [5, 5.41) is 57.0. The van der Waals surface area contributed by atoms with Gasteiger partial charge in [0.2, 0.25) is 0 Å². The molecule has 80 heavy (non-hydrogen) atoms. The van der Waals surface area contributed by atoms with Crippen LogP contribution in [0.1, 0.15) is 343 Å². The first-order chi connectivity index (χ1) is 39.1. The Bertz CT molecular complexity index is 1150. The largest absolute Gasteiger partial charge is 0.393 e. The van der Waals surface area contributed by atoms with Crippen LogP contribution in [0.5, 0.6) is 0 Å². The van der Waals surface area contributed by atoms with Gasteiger partial charge in [0, 0.05) is 72.0 Å². The van der Waals surface area contributed by atoms with Crippen molar-refractivity contribution in [2.24, 2.45) is 5.92 Å². The molecule has 9 nitrogen and oxygen atoms in total. The summed E-state index contributed by atoms with van der Waals surface area (Å²) in [5.74, 6) is 0.351. The topological polar surface area (TPSA) is 114 Å². The third-order valence-electron chi connectivity index (χ3n) is 18.4. The van der Waals surface area contributed by atoms with Crippen LogP contribution in [0.2, 0.25) is 0 Å². The molecule has 480 valence electrons. The van der Waals surface area contributed by atoms with E-state index < -0.39 is 0 Å².